The number of hydrogen-bond acceptors (Lipinski definition) is 25. The molecule has 10 aromatic carbocycles. The van der Waals surface area contributed by atoms with Crippen molar-refractivity contribution >= 4 is 165 Å². The average Bonchev–Trinajstić information content (AvgIpc) is 1.58. The molecular formula is C110H112N34O5. The van der Waals surface area contributed by atoms with Gasteiger partial charge in [0.2, 0.25) is 5.91 Å². The molecule has 10 heterocycles. The van der Waals surface area contributed by atoms with Crippen LogP contribution in [0.2, 0.25) is 0 Å². The lowest BCUT2D eigenvalue weighted by Gasteiger charge is -2.10. The summed E-state index contributed by atoms with van der Waals surface area (Å²) >= 11 is 0. The highest BCUT2D eigenvalue weighted by Crippen LogP contribution is 2.41. The second-order valence-electron chi connectivity index (χ2n) is 36.5. The standard InChI is InChI=1S/C24H25N7O.C23H24N6O.C22H23N7O.C21H21N7O.C20H19N7O/c1-15-5-4-6-18(13-15)29-24(32)28-17-11-9-16(10-12-17)21-20-22(25)26-14-27-23(20)31(30-21)19-7-2-3-8-19;1-14(2)29-23-20(22(24)25-13-26-23)21(28-29)17-8-5-7-16(11-17)12-19(30)27-18-9-4-6-15(3)10-18;1-13(2)29-21-18(20(23)24-12-25-21)19(28-29)15-7-9-16(10-8-15)26-22(30)27-17-6-4-5-14(3)11-17;1-13(2)28-20-17(19(22)23-12-24-20)18(27-28)14-8-10-16(11-9-14)26-21(29)25-15-6-4-3-5-7-15;1-12-4-3-5-15(10-12)25-20(28)24-14-8-6-13(7-9-14)17-16-18(21)22-11-23-19(16)27(2)26-17/h4-6,9-14,19H,2-3,7-8H2,1H3,(H2,25,26,27)(H2,28,29,32);4-11,13-14H,12H2,1-3H3,(H,27,30)(H2,24,25,26);4-13H,1-3H3,(H2,23,24,25)(H2,26,27,30);3-13H,1-2H3,(H2,22,23,24)(H2,25,26,29);3-11H,1-2H3,(H2,21,22,23)(H2,24,25,28). The van der Waals surface area contributed by atoms with E-state index in [9.17, 15) is 24.0 Å². The van der Waals surface area contributed by atoms with Crippen LogP contribution in [-0.2, 0) is 18.3 Å². The number of rotatable bonds is 20. The van der Waals surface area contributed by atoms with Crippen molar-refractivity contribution in [2.75, 3.05) is 76.5 Å². The summed E-state index contributed by atoms with van der Waals surface area (Å²) in [5.41, 5.74) is 53.8. The monoisotopic (exact) mass is 1990 g/mol. The molecule has 10 aromatic heterocycles. The molecule has 149 heavy (non-hydrogen) atoms. The van der Waals surface area contributed by atoms with Crippen LogP contribution in [0.25, 0.3) is 111 Å². The quantitative estimate of drug-likeness (QED) is 0.0337. The van der Waals surface area contributed by atoms with Gasteiger partial charge in [-0.05, 0) is 225 Å². The van der Waals surface area contributed by atoms with E-state index in [1.807, 2.05) is 344 Å². The van der Waals surface area contributed by atoms with Crippen molar-refractivity contribution in [2.24, 2.45) is 7.05 Å². The molecule has 0 aliphatic heterocycles. The van der Waals surface area contributed by atoms with Gasteiger partial charge in [-0.15, -0.1) is 0 Å². The third-order valence-corrected chi connectivity index (χ3v) is 24.3. The number of nitrogens with zero attached hydrogens (tertiary/aromatic N) is 20. The van der Waals surface area contributed by atoms with E-state index in [0.717, 1.165) is 135 Å². The number of carbonyl (C=O) groups is 5. The number of nitrogens with one attached hydrogen (secondary N) is 9. The van der Waals surface area contributed by atoms with Crippen molar-refractivity contribution < 1.29 is 24.0 Å². The van der Waals surface area contributed by atoms with Gasteiger partial charge in [0.1, 0.15) is 89.2 Å². The van der Waals surface area contributed by atoms with E-state index in [1.54, 1.807) is 4.68 Å². The van der Waals surface area contributed by atoms with E-state index in [0.29, 0.717) is 103 Å². The molecule has 19 N–H and O–H groups in total. The van der Waals surface area contributed by atoms with Gasteiger partial charge < -0.3 is 76.5 Å². The van der Waals surface area contributed by atoms with E-state index >= 15 is 0 Å². The highest BCUT2D eigenvalue weighted by Gasteiger charge is 2.28. The number of nitrogens with two attached hydrogens (primary N) is 5. The first-order valence-electron chi connectivity index (χ1n) is 48.3. The SMILES string of the molecule is CC(C)n1nc(-c2ccc(NC(=O)Nc3ccccc3)cc2)c2c(N)ncnc21.Cc1cccc(NC(=O)Cc2cccc(-c3nn(C(C)C)c4ncnc(N)c34)c2)c1.Cc1cccc(NC(=O)Nc2ccc(-c3nn(C(C)C)c4ncnc(N)c34)cc2)c1.Cc1cccc(NC(=O)Nc2ccc(-c3nn(C)c4ncnc(N)c34)cc2)c1.Cc1cccc(NC(=O)Nc2ccc(-c3nn(C4CCCC4)c4ncnc(N)c34)cc2)c1. The summed E-state index contributed by atoms with van der Waals surface area (Å²) in [4.78, 5) is 104. The van der Waals surface area contributed by atoms with Gasteiger partial charge in [-0.2, -0.15) is 25.5 Å². The molecule has 20 aromatic rings. The van der Waals surface area contributed by atoms with Crippen LogP contribution in [0.1, 0.15) is 119 Å². The largest absolute Gasteiger partial charge is 0.383 e. The summed E-state index contributed by atoms with van der Waals surface area (Å²) in [6, 6.07) is 77.0. The van der Waals surface area contributed by atoms with Crippen LogP contribution in [0, 0.1) is 27.7 Å². The number of aryl methyl sites for hydroxylation is 5. The number of nitrogen functional groups attached to an aromatic ring is 5. The lowest BCUT2D eigenvalue weighted by atomic mass is 10.0. The molecule has 752 valence electrons. The van der Waals surface area contributed by atoms with E-state index in [1.165, 1.54) is 44.5 Å². The number of carbonyl (C=O) groups excluding carboxylic acids is 5. The summed E-state index contributed by atoms with van der Waals surface area (Å²) in [5.74, 6) is 1.91. The molecule has 1 aliphatic carbocycles. The van der Waals surface area contributed by atoms with Gasteiger partial charge in [0.15, 0.2) is 28.2 Å². The van der Waals surface area contributed by atoms with E-state index in [2.05, 4.69) is 103 Å². The molecular weight excluding hydrogens is 1880 g/mol. The highest BCUT2D eigenvalue weighted by molar-refractivity contribution is 6.07. The maximum atomic E-state index is 12.5. The summed E-state index contributed by atoms with van der Waals surface area (Å²) in [6.45, 7) is 20.2. The van der Waals surface area contributed by atoms with Gasteiger partial charge in [0, 0.05) is 104 Å². The first-order chi connectivity index (χ1) is 72.0. The number of fused-ring (bicyclic) bond motifs is 5. The Morgan fingerprint density at radius 3 is 0.906 bits per heavy atom. The smallest absolute Gasteiger partial charge is 0.323 e. The molecule has 0 bridgehead atoms. The van der Waals surface area contributed by atoms with Crippen LogP contribution < -0.4 is 76.5 Å². The van der Waals surface area contributed by atoms with Crippen LogP contribution in [0.15, 0.2) is 280 Å². The third-order valence-electron chi connectivity index (χ3n) is 24.3. The molecule has 21 rings (SSSR count). The van der Waals surface area contributed by atoms with Gasteiger partial charge in [0.05, 0.1) is 39.4 Å². The normalized spacial score (nSPS) is 11.7. The number of amides is 9. The highest BCUT2D eigenvalue weighted by atomic mass is 16.2. The van der Waals surface area contributed by atoms with Crippen molar-refractivity contribution in [3.8, 4) is 56.3 Å². The van der Waals surface area contributed by atoms with Crippen LogP contribution in [0.5, 0.6) is 0 Å². The zero-order valence-corrected chi connectivity index (χ0v) is 83.8. The number of hydrogen-bond donors (Lipinski definition) is 14. The zero-order chi connectivity index (χ0) is 105. The molecule has 39 nitrogen and oxygen atoms in total. The zero-order valence-electron chi connectivity index (χ0n) is 83.8. The molecule has 0 saturated heterocycles. The van der Waals surface area contributed by atoms with Gasteiger partial charge in [-0.3, -0.25) is 4.79 Å². The predicted molar refractivity (Wildman–Crippen MR) is 590 cm³/mol. The van der Waals surface area contributed by atoms with Crippen molar-refractivity contribution in [1.29, 1.82) is 0 Å². The minimum absolute atomic E-state index is 0.0711. The molecule has 39 heteroatoms. The summed E-state index contributed by atoms with van der Waals surface area (Å²) in [5, 5.41) is 52.8. The van der Waals surface area contributed by atoms with Crippen LogP contribution in [-0.4, -0.2) is 129 Å². The van der Waals surface area contributed by atoms with Gasteiger partial charge in [-0.25, -0.2) is 92.4 Å². The Kier molecular flexibility index (Phi) is 30.8. The van der Waals surface area contributed by atoms with Gasteiger partial charge >= 0.3 is 24.1 Å². The molecule has 9 amide bonds. The Hall–Kier alpha value is -19.5. The average molecular weight is 1990 g/mol. The third kappa shape index (κ3) is 24.2. The lowest BCUT2D eigenvalue weighted by molar-refractivity contribution is -0.115. The molecule has 0 unspecified atom stereocenters. The number of para-hydroxylation sites is 1. The second kappa shape index (κ2) is 45.4. The predicted octanol–water partition coefficient (Wildman–Crippen LogP) is 21.8. The number of anilines is 14. The fraction of sp³-hybridized carbons (Fsp3) is 0.182. The van der Waals surface area contributed by atoms with Crippen molar-refractivity contribution in [1.82, 2.24) is 98.7 Å². The topological polar surface area (TPSA) is 542 Å². The van der Waals surface area contributed by atoms with Crippen molar-refractivity contribution in [3.63, 3.8) is 0 Å². The first-order valence-corrected chi connectivity index (χ1v) is 48.3. The fourth-order valence-electron chi connectivity index (χ4n) is 17.2. The fourth-order valence-corrected chi connectivity index (χ4v) is 17.2. The van der Waals surface area contributed by atoms with Gasteiger partial charge in [-0.1, -0.05) is 146 Å². The Morgan fingerprint density at radius 1 is 0.289 bits per heavy atom. The molecule has 0 radical (unpaired) electrons. The van der Waals surface area contributed by atoms with Crippen LogP contribution >= 0.6 is 0 Å². The maximum absolute atomic E-state index is 12.5. The first kappa shape index (κ1) is 101. The minimum atomic E-state index is -0.309. The van der Waals surface area contributed by atoms with Crippen molar-refractivity contribution in [3.05, 3.63) is 308 Å². The lowest BCUT2D eigenvalue weighted by Crippen LogP contribution is -2.19. The molecule has 0 spiro atoms. The Balaban J connectivity index is 0.000000127. The van der Waals surface area contributed by atoms with Crippen molar-refractivity contribution in [2.45, 2.75) is 126 Å². The van der Waals surface area contributed by atoms with Crippen LogP contribution in [0.4, 0.5) is 99.5 Å². The van der Waals surface area contributed by atoms with Gasteiger partial charge in [0.25, 0.3) is 0 Å². The number of urea groups is 4. The Labute approximate surface area is 856 Å². The second-order valence-corrected chi connectivity index (χ2v) is 36.5. The Morgan fingerprint density at radius 2 is 0.564 bits per heavy atom. The number of aromatic nitrogens is 20. The minimum Gasteiger partial charge on any atom is -0.383 e. The molecule has 0 atom stereocenters. The molecule has 1 fully saturated rings. The molecule has 1 saturated carbocycles. The Bertz CT molecular complexity index is 8260. The van der Waals surface area contributed by atoms with E-state index in [-0.39, 0.29) is 54.6 Å². The summed E-state index contributed by atoms with van der Waals surface area (Å²) in [7, 11) is 1.81. The van der Waals surface area contributed by atoms with Crippen LogP contribution in [0.3, 0.4) is 0 Å². The maximum Gasteiger partial charge on any atom is 0.323 e. The number of benzene rings is 10. The van der Waals surface area contributed by atoms with E-state index < -0.39 is 0 Å². The summed E-state index contributed by atoms with van der Waals surface area (Å²) in [6.07, 6.45) is 12.1. The van der Waals surface area contributed by atoms with E-state index in [4.69, 9.17) is 49.1 Å². The summed E-state index contributed by atoms with van der Waals surface area (Å²) < 4.78 is 9.20. The molecule has 1 aliphatic rings.